The molecule has 0 saturated heterocycles. The molecule has 0 aliphatic carbocycles. The quantitative estimate of drug-likeness (QED) is 0.371. The Morgan fingerprint density at radius 3 is 2.39 bits per heavy atom. The van der Waals surface area contributed by atoms with Crippen molar-refractivity contribution in [2.75, 3.05) is 24.2 Å². The Morgan fingerprint density at radius 1 is 1.08 bits per heavy atom. The van der Waals surface area contributed by atoms with Crippen molar-refractivity contribution in [3.05, 3.63) is 75.6 Å². The Hall–Kier alpha value is -4.34. The lowest BCUT2D eigenvalue weighted by molar-refractivity contribution is 0.0300. The molecule has 1 aromatic heterocycles. The minimum atomic E-state index is -0.887. The lowest BCUT2D eigenvalue weighted by atomic mass is 10.1. The van der Waals surface area contributed by atoms with Crippen LogP contribution in [0.2, 0.25) is 0 Å². The average molecular weight is 493 g/mol. The molecule has 0 bridgehead atoms. The van der Waals surface area contributed by atoms with E-state index in [1.54, 1.807) is 13.1 Å². The molecule has 0 spiro atoms. The summed E-state index contributed by atoms with van der Waals surface area (Å²) < 4.78 is 5.38. The number of rotatable bonds is 8. The van der Waals surface area contributed by atoms with Crippen LogP contribution in [0.4, 0.5) is 27.9 Å². The van der Waals surface area contributed by atoms with Gasteiger partial charge in [-0.25, -0.2) is 4.79 Å². The maximum Gasteiger partial charge on any atom is 0.410 e. The molecule has 1 heterocycles. The lowest BCUT2D eigenvalue weighted by Gasteiger charge is -2.24. The minimum Gasteiger partial charge on any atom is -0.444 e. The van der Waals surface area contributed by atoms with Gasteiger partial charge in [0.15, 0.2) is 5.82 Å². The number of nitrogens with zero attached hydrogens (tertiary/aromatic N) is 2. The Balaban J connectivity index is 1.77. The van der Waals surface area contributed by atoms with Crippen LogP contribution in [0, 0.1) is 6.92 Å². The Morgan fingerprint density at radius 2 is 1.75 bits per heavy atom. The fourth-order valence-electron chi connectivity index (χ4n) is 3.38. The van der Waals surface area contributed by atoms with Crippen LogP contribution < -0.4 is 21.9 Å². The second-order valence-electron chi connectivity index (χ2n) is 9.47. The number of ether oxygens (including phenoxy) is 1. The van der Waals surface area contributed by atoms with Crippen LogP contribution in [-0.2, 0) is 11.2 Å². The summed E-state index contributed by atoms with van der Waals surface area (Å²) in [6.45, 7) is 7.86. The third-order valence-electron chi connectivity index (χ3n) is 5.08. The van der Waals surface area contributed by atoms with E-state index in [0.717, 1.165) is 11.1 Å². The highest BCUT2D eigenvalue weighted by Crippen LogP contribution is 2.21. The fourth-order valence-corrected chi connectivity index (χ4v) is 3.38. The van der Waals surface area contributed by atoms with Gasteiger partial charge in [0.25, 0.3) is 11.5 Å². The Bertz CT molecular complexity index is 1310. The third-order valence-corrected chi connectivity index (χ3v) is 5.08. The van der Waals surface area contributed by atoms with Gasteiger partial charge < -0.3 is 26.0 Å². The second kappa shape index (κ2) is 10.9. The Labute approximate surface area is 209 Å². The number of anilines is 4. The molecule has 10 nitrogen and oxygen atoms in total. The average Bonchev–Trinajstić information content (AvgIpc) is 2.76. The van der Waals surface area contributed by atoms with Crippen molar-refractivity contribution in [1.82, 2.24) is 14.9 Å². The molecule has 0 saturated carbocycles. The number of carbonyl (C=O) groups excluding carboxylic acids is 2. The molecule has 2 amide bonds. The highest BCUT2D eigenvalue weighted by molar-refractivity contribution is 5.98. The van der Waals surface area contributed by atoms with Gasteiger partial charge >= 0.3 is 6.09 Å². The van der Waals surface area contributed by atoms with E-state index in [1.165, 1.54) is 4.90 Å². The molecule has 10 heteroatoms. The number of aromatic nitrogens is 2. The molecule has 190 valence electrons. The van der Waals surface area contributed by atoms with Gasteiger partial charge in [-0.3, -0.25) is 14.6 Å². The van der Waals surface area contributed by atoms with Crippen molar-refractivity contribution in [2.24, 2.45) is 5.73 Å². The zero-order chi connectivity index (χ0) is 26.5. The number of hydrogen-bond donors (Lipinski definition) is 4. The Kier molecular flexibility index (Phi) is 7.98. The summed E-state index contributed by atoms with van der Waals surface area (Å²) in [4.78, 5) is 45.2. The molecule has 3 rings (SSSR count). The van der Waals surface area contributed by atoms with E-state index in [-0.39, 0.29) is 23.4 Å². The maximum atomic E-state index is 12.6. The van der Waals surface area contributed by atoms with Crippen LogP contribution in [0.15, 0.2) is 53.3 Å². The summed E-state index contributed by atoms with van der Waals surface area (Å²) in [5.74, 6) is -0.695. The predicted octanol–water partition coefficient (Wildman–Crippen LogP) is 4.07. The summed E-state index contributed by atoms with van der Waals surface area (Å²) in [5.41, 5.74) is 7.25. The second-order valence-corrected chi connectivity index (χ2v) is 9.47. The van der Waals surface area contributed by atoms with E-state index in [9.17, 15) is 14.4 Å². The van der Waals surface area contributed by atoms with Crippen molar-refractivity contribution < 1.29 is 14.3 Å². The number of likely N-dealkylation sites (N-methyl/N-ethyl adjacent to an activating group) is 1. The number of hydrogen-bond acceptors (Lipinski definition) is 7. The largest absolute Gasteiger partial charge is 0.444 e. The summed E-state index contributed by atoms with van der Waals surface area (Å²) in [6.07, 6.45) is 0.206. The van der Waals surface area contributed by atoms with Crippen LogP contribution >= 0.6 is 0 Å². The van der Waals surface area contributed by atoms with E-state index in [2.05, 4.69) is 20.6 Å². The van der Waals surface area contributed by atoms with Crippen molar-refractivity contribution in [3.63, 3.8) is 0 Å². The van der Waals surface area contributed by atoms with Crippen molar-refractivity contribution in [2.45, 2.75) is 39.7 Å². The third kappa shape index (κ3) is 7.33. The normalized spacial score (nSPS) is 11.0. The molecule has 0 atom stereocenters. The first-order valence-electron chi connectivity index (χ1n) is 11.5. The van der Waals surface area contributed by atoms with E-state index in [1.807, 2.05) is 70.2 Å². The zero-order valence-corrected chi connectivity index (χ0v) is 21.1. The van der Waals surface area contributed by atoms with E-state index < -0.39 is 17.1 Å². The fraction of sp³-hybridized carbons (Fsp3) is 0.308. The van der Waals surface area contributed by atoms with Gasteiger partial charge in [-0.1, -0.05) is 24.3 Å². The molecule has 0 aliphatic rings. The number of nitrogens with one attached hydrogen (secondary N) is 3. The van der Waals surface area contributed by atoms with Gasteiger partial charge in [0, 0.05) is 25.0 Å². The summed E-state index contributed by atoms with van der Waals surface area (Å²) in [5, 5.41) is 6.08. The number of H-pyrrole nitrogens is 1. The van der Waals surface area contributed by atoms with Crippen LogP contribution in [0.3, 0.4) is 0 Å². The molecule has 2 aromatic carbocycles. The van der Waals surface area contributed by atoms with E-state index in [0.29, 0.717) is 24.3 Å². The van der Waals surface area contributed by atoms with Gasteiger partial charge in [0.2, 0.25) is 5.95 Å². The van der Waals surface area contributed by atoms with Gasteiger partial charge in [-0.05, 0) is 69.5 Å². The standard InChI is InChI=1S/C26H32N6O4/c1-16-8-6-10-18(14-16)28-22-20(21(27)33)23(34)31-24(30-22)29-19-11-7-9-17(15-19)12-13-32(5)25(35)36-26(2,3)4/h6-11,14-15H,12-13H2,1-5H3,(H2,27,33)(H3,28,29,30,31,34). The molecule has 36 heavy (non-hydrogen) atoms. The molecule has 0 unspecified atom stereocenters. The van der Waals surface area contributed by atoms with Gasteiger partial charge in [-0.15, -0.1) is 0 Å². The molecule has 0 fully saturated rings. The minimum absolute atomic E-state index is 0.0505. The van der Waals surface area contributed by atoms with E-state index >= 15 is 0 Å². The smallest absolute Gasteiger partial charge is 0.410 e. The SMILES string of the molecule is Cc1cccc(Nc2nc(Nc3cccc(CCN(C)C(=O)OC(C)(C)C)c3)[nH]c(=O)c2C(N)=O)c1. The first-order chi connectivity index (χ1) is 16.9. The van der Waals surface area contributed by atoms with Crippen LogP contribution in [-0.4, -0.2) is 46.1 Å². The predicted molar refractivity (Wildman–Crippen MR) is 140 cm³/mol. The number of primary amides is 1. The summed E-state index contributed by atoms with van der Waals surface area (Å²) >= 11 is 0. The molecular weight excluding hydrogens is 460 g/mol. The first-order valence-corrected chi connectivity index (χ1v) is 11.5. The van der Waals surface area contributed by atoms with E-state index in [4.69, 9.17) is 10.5 Å². The summed E-state index contributed by atoms with van der Waals surface area (Å²) in [6, 6.07) is 14.9. The van der Waals surface area contributed by atoms with Crippen LogP contribution in [0.5, 0.6) is 0 Å². The maximum absolute atomic E-state index is 12.6. The number of benzene rings is 2. The van der Waals surface area contributed by atoms with Gasteiger partial charge in [-0.2, -0.15) is 4.98 Å². The first kappa shape index (κ1) is 26.3. The molecular formula is C26H32N6O4. The van der Waals surface area contributed by atoms with Crippen molar-refractivity contribution in [1.29, 1.82) is 0 Å². The topological polar surface area (TPSA) is 142 Å². The molecule has 0 aliphatic heterocycles. The molecule has 5 N–H and O–H groups in total. The van der Waals surface area contributed by atoms with Crippen molar-refractivity contribution >= 4 is 35.1 Å². The number of aryl methyl sites for hydroxylation is 1. The monoisotopic (exact) mass is 492 g/mol. The van der Waals surface area contributed by atoms with Gasteiger partial charge in [0.05, 0.1) is 0 Å². The molecule has 3 aromatic rings. The molecule has 0 radical (unpaired) electrons. The van der Waals surface area contributed by atoms with Crippen LogP contribution in [0.25, 0.3) is 0 Å². The highest BCUT2D eigenvalue weighted by atomic mass is 16.6. The van der Waals surface area contributed by atoms with Crippen molar-refractivity contribution in [3.8, 4) is 0 Å². The lowest BCUT2D eigenvalue weighted by Crippen LogP contribution is -2.35. The summed E-state index contributed by atoms with van der Waals surface area (Å²) in [7, 11) is 1.69. The zero-order valence-electron chi connectivity index (χ0n) is 21.1. The van der Waals surface area contributed by atoms with Gasteiger partial charge in [0.1, 0.15) is 11.2 Å². The highest BCUT2D eigenvalue weighted by Gasteiger charge is 2.20. The number of aromatic amines is 1. The number of carbonyl (C=O) groups is 2. The number of nitrogens with two attached hydrogens (primary N) is 1. The number of amides is 2. The van der Waals surface area contributed by atoms with Crippen LogP contribution in [0.1, 0.15) is 42.3 Å².